The summed E-state index contributed by atoms with van der Waals surface area (Å²) in [6.45, 7) is 16.0. The number of benzene rings is 3. The van der Waals surface area contributed by atoms with Crippen molar-refractivity contribution in [1.29, 1.82) is 0 Å². The molecule has 0 unspecified atom stereocenters. The van der Waals surface area contributed by atoms with E-state index in [1.54, 1.807) is 0 Å². The van der Waals surface area contributed by atoms with Gasteiger partial charge in [0, 0.05) is 19.6 Å². The van der Waals surface area contributed by atoms with Gasteiger partial charge in [-0.2, -0.15) is 0 Å². The molecule has 0 aromatic heterocycles. The van der Waals surface area contributed by atoms with Crippen molar-refractivity contribution in [1.82, 2.24) is 4.90 Å². The largest absolute Gasteiger partial charge is 0.291 e. The van der Waals surface area contributed by atoms with Crippen LogP contribution in [0, 0.1) is 41.5 Å². The monoisotopic (exact) mass is 371 g/mol. The predicted molar refractivity (Wildman–Crippen MR) is 121 cm³/mol. The van der Waals surface area contributed by atoms with E-state index in [2.05, 4.69) is 101 Å². The zero-order valence-corrected chi connectivity index (χ0v) is 18.3. The SMILES string of the molecule is Cc1ccc(CN(Cc2ccc(C)c(C)c2)Cc2ccc(C)c(C)c2)cc1C. The van der Waals surface area contributed by atoms with Crippen LogP contribution < -0.4 is 0 Å². The molecular formula is C27H33N. The fourth-order valence-electron chi connectivity index (χ4n) is 3.65. The van der Waals surface area contributed by atoms with Gasteiger partial charge in [0.2, 0.25) is 0 Å². The van der Waals surface area contributed by atoms with Crippen molar-refractivity contribution in [3.8, 4) is 0 Å². The normalized spacial score (nSPS) is 11.2. The van der Waals surface area contributed by atoms with Crippen molar-refractivity contribution in [2.24, 2.45) is 0 Å². The first-order valence-electron chi connectivity index (χ1n) is 10.2. The van der Waals surface area contributed by atoms with Gasteiger partial charge in [0.15, 0.2) is 0 Å². The van der Waals surface area contributed by atoms with E-state index < -0.39 is 0 Å². The van der Waals surface area contributed by atoms with E-state index >= 15 is 0 Å². The molecule has 0 saturated carbocycles. The van der Waals surface area contributed by atoms with Crippen molar-refractivity contribution in [3.63, 3.8) is 0 Å². The van der Waals surface area contributed by atoms with Gasteiger partial charge in [-0.1, -0.05) is 54.6 Å². The molecule has 0 fully saturated rings. The van der Waals surface area contributed by atoms with Gasteiger partial charge >= 0.3 is 0 Å². The third-order valence-corrected chi connectivity index (χ3v) is 5.93. The molecule has 0 saturated heterocycles. The quantitative estimate of drug-likeness (QED) is 0.464. The number of rotatable bonds is 6. The minimum absolute atomic E-state index is 0.959. The Bertz CT molecular complexity index is 841. The summed E-state index contributed by atoms with van der Waals surface area (Å²) in [4.78, 5) is 2.55. The first kappa shape index (κ1) is 20.4. The van der Waals surface area contributed by atoms with E-state index in [0.29, 0.717) is 0 Å². The van der Waals surface area contributed by atoms with E-state index in [-0.39, 0.29) is 0 Å². The molecule has 0 amide bonds. The van der Waals surface area contributed by atoms with Crippen LogP contribution >= 0.6 is 0 Å². The number of hydrogen-bond donors (Lipinski definition) is 0. The van der Waals surface area contributed by atoms with Crippen molar-refractivity contribution in [2.45, 2.75) is 61.2 Å². The minimum atomic E-state index is 0.959. The fraction of sp³-hybridized carbons (Fsp3) is 0.333. The lowest BCUT2D eigenvalue weighted by atomic mass is 10.0. The topological polar surface area (TPSA) is 3.24 Å². The van der Waals surface area contributed by atoms with Crippen LogP contribution in [0.2, 0.25) is 0 Å². The van der Waals surface area contributed by atoms with Crippen molar-refractivity contribution >= 4 is 0 Å². The number of aryl methyl sites for hydroxylation is 6. The van der Waals surface area contributed by atoms with Crippen LogP contribution in [-0.2, 0) is 19.6 Å². The molecule has 0 heterocycles. The molecule has 0 aliphatic carbocycles. The lowest BCUT2D eigenvalue weighted by Gasteiger charge is -2.24. The minimum Gasteiger partial charge on any atom is -0.291 e. The Morgan fingerprint density at radius 1 is 0.429 bits per heavy atom. The fourth-order valence-corrected chi connectivity index (χ4v) is 3.65. The Labute approximate surface area is 171 Å². The molecular weight excluding hydrogens is 338 g/mol. The molecule has 146 valence electrons. The summed E-state index contributed by atoms with van der Waals surface area (Å²) in [6.07, 6.45) is 0. The molecule has 28 heavy (non-hydrogen) atoms. The molecule has 1 heteroatoms. The predicted octanol–water partition coefficient (Wildman–Crippen LogP) is 6.74. The van der Waals surface area contributed by atoms with Crippen LogP contribution in [0.1, 0.15) is 50.1 Å². The van der Waals surface area contributed by atoms with Crippen LogP contribution in [0.4, 0.5) is 0 Å². The highest BCUT2D eigenvalue weighted by Crippen LogP contribution is 2.19. The van der Waals surface area contributed by atoms with E-state index in [1.165, 1.54) is 50.1 Å². The maximum absolute atomic E-state index is 2.55. The Balaban J connectivity index is 1.86. The summed E-state index contributed by atoms with van der Waals surface area (Å²) in [7, 11) is 0. The van der Waals surface area contributed by atoms with Gasteiger partial charge < -0.3 is 0 Å². The molecule has 0 atom stereocenters. The first-order valence-corrected chi connectivity index (χ1v) is 10.2. The van der Waals surface area contributed by atoms with Gasteiger partial charge in [0.05, 0.1) is 0 Å². The van der Waals surface area contributed by atoms with Gasteiger partial charge in [-0.15, -0.1) is 0 Å². The van der Waals surface area contributed by atoms with Crippen molar-refractivity contribution in [3.05, 3.63) is 105 Å². The smallest absolute Gasteiger partial charge is 0.0240 e. The molecule has 0 N–H and O–H groups in total. The average molecular weight is 372 g/mol. The molecule has 3 aromatic rings. The molecule has 0 radical (unpaired) electrons. The molecule has 3 aromatic carbocycles. The summed E-state index contributed by atoms with van der Waals surface area (Å²) in [6, 6.07) is 20.6. The van der Waals surface area contributed by atoms with Crippen LogP contribution in [0.5, 0.6) is 0 Å². The molecule has 3 rings (SSSR count). The highest BCUT2D eigenvalue weighted by atomic mass is 15.1. The standard InChI is InChI=1S/C27H33N/c1-19-7-10-25(13-22(19)4)16-28(17-26-11-8-20(2)23(5)14-26)18-27-12-9-21(3)24(6)15-27/h7-15H,16-18H2,1-6H3. The Morgan fingerprint density at radius 3 is 0.964 bits per heavy atom. The van der Waals surface area contributed by atoms with Gasteiger partial charge in [-0.05, 0) is 91.6 Å². The van der Waals surface area contributed by atoms with Gasteiger partial charge in [0.1, 0.15) is 0 Å². The Hall–Kier alpha value is -2.38. The summed E-state index contributed by atoms with van der Waals surface area (Å²) < 4.78 is 0. The molecule has 0 aliphatic heterocycles. The average Bonchev–Trinajstić information content (AvgIpc) is 2.64. The lowest BCUT2D eigenvalue weighted by Crippen LogP contribution is -2.22. The van der Waals surface area contributed by atoms with Crippen LogP contribution in [-0.4, -0.2) is 4.90 Å². The second kappa shape index (κ2) is 8.75. The first-order chi connectivity index (χ1) is 13.3. The van der Waals surface area contributed by atoms with Crippen LogP contribution in [0.25, 0.3) is 0 Å². The van der Waals surface area contributed by atoms with E-state index in [4.69, 9.17) is 0 Å². The Morgan fingerprint density at radius 2 is 0.714 bits per heavy atom. The zero-order valence-electron chi connectivity index (χ0n) is 18.3. The molecule has 1 nitrogen and oxygen atoms in total. The summed E-state index contributed by atoms with van der Waals surface area (Å²) >= 11 is 0. The summed E-state index contributed by atoms with van der Waals surface area (Å²) in [5.41, 5.74) is 12.3. The third-order valence-electron chi connectivity index (χ3n) is 5.93. The highest BCUT2D eigenvalue weighted by molar-refractivity contribution is 5.33. The van der Waals surface area contributed by atoms with Crippen LogP contribution in [0.15, 0.2) is 54.6 Å². The summed E-state index contributed by atoms with van der Waals surface area (Å²) in [5, 5.41) is 0. The van der Waals surface area contributed by atoms with Gasteiger partial charge in [-0.3, -0.25) is 4.90 Å². The number of hydrogen-bond acceptors (Lipinski definition) is 1. The molecule has 0 spiro atoms. The maximum atomic E-state index is 2.55. The van der Waals surface area contributed by atoms with E-state index in [0.717, 1.165) is 19.6 Å². The van der Waals surface area contributed by atoms with E-state index in [1.807, 2.05) is 0 Å². The molecule has 0 bridgehead atoms. The molecule has 0 aliphatic rings. The van der Waals surface area contributed by atoms with Crippen molar-refractivity contribution < 1.29 is 0 Å². The highest BCUT2D eigenvalue weighted by Gasteiger charge is 2.11. The lowest BCUT2D eigenvalue weighted by molar-refractivity contribution is 0.247. The van der Waals surface area contributed by atoms with Gasteiger partial charge in [0.25, 0.3) is 0 Å². The number of nitrogens with zero attached hydrogens (tertiary/aromatic N) is 1. The van der Waals surface area contributed by atoms with Crippen LogP contribution in [0.3, 0.4) is 0 Å². The van der Waals surface area contributed by atoms with Crippen molar-refractivity contribution in [2.75, 3.05) is 0 Å². The third kappa shape index (κ3) is 5.11. The second-order valence-electron chi connectivity index (χ2n) is 8.40. The second-order valence-corrected chi connectivity index (χ2v) is 8.40. The van der Waals surface area contributed by atoms with E-state index in [9.17, 15) is 0 Å². The maximum Gasteiger partial charge on any atom is 0.0240 e. The Kier molecular flexibility index (Phi) is 6.36. The van der Waals surface area contributed by atoms with Gasteiger partial charge in [-0.25, -0.2) is 0 Å². The zero-order chi connectivity index (χ0) is 20.3. The summed E-state index contributed by atoms with van der Waals surface area (Å²) in [5.74, 6) is 0.